The van der Waals surface area contributed by atoms with Crippen molar-refractivity contribution in [2.24, 2.45) is 0 Å². The summed E-state index contributed by atoms with van der Waals surface area (Å²) < 4.78 is 9.67. The van der Waals surface area contributed by atoms with E-state index in [1.807, 2.05) is 28.9 Å². The number of aromatic nitrogens is 6. The van der Waals surface area contributed by atoms with E-state index in [9.17, 15) is 0 Å². The fourth-order valence-corrected chi connectivity index (χ4v) is 5.14. The first-order chi connectivity index (χ1) is 18.3. The van der Waals surface area contributed by atoms with Crippen molar-refractivity contribution in [2.75, 3.05) is 32.8 Å². The van der Waals surface area contributed by atoms with Crippen molar-refractivity contribution in [1.82, 2.24) is 34.3 Å². The maximum atomic E-state index is 5.47. The lowest BCUT2D eigenvalue weighted by molar-refractivity contribution is 0.0365. The Kier molecular flexibility index (Phi) is 5.60. The third-order valence-electron chi connectivity index (χ3n) is 7.18. The second kappa shape index (κ2) is 9.38. The molecule has 1 saturated heterocycles. The molecule has 0 radical (unpaired) electrons. The Morgan fingerprint density at radius 3 is 2.73 bits per heavy atom. The van der Waals surface area contributed by atoms with Gasteiger partial charge in [-0.3, -0.25) is 9.88 Å². The number of ether oxygens (including phenoxy) is 1. The quantitative estimate of drug-likeness (QED) is 0.349. The minimum absolute atomic E-state index is 0.646. The minimum Gasteiger partial charge on any atom is -0.379 e. The van der Waals surface area contributed by atoms with Crippen LogP contribution in [0.25, 0.3) is 38.7 Å². The van der Waals surface area contributed by atoms with Crippen LogP contribution in [0.2, 0.25) is 0 Å². The van der Waals surface area contributed by atoms with Gasteiger partial charge in [0.2, 0.25) is 0 Å². The van der Waals surface area contributed by atoms with Crippen LogP contribution >= 0.6 is 0 Å². The molecule has 1 aliphatic rings. The summed E-state index contributed by atoms with van der Waals surface area (Å²) >= 11 is 0. The SMILES string of the molecule is c1cnc2ccc(Cc3nnc4ccc(-c5ccc6c(ccn6CCN6CCOCC6)c5)nn34)cc2c1. The van der Waals surface area contributed by atoms with Gasteiger partial charge in [-0.05, 0) is 54.1 Å². The van der Waals surface area contributed by atoms with Crippen molar-refractivity contribution >= 4 is 27.5 Å². The molecule has 0 amide bonds. The number of hydrogen-bond acceptors (Lipinski definition) is 6. The molecule has 5 heterocycles. The van der Waals surface area contributed by atoms with E-state index in [4.69, 9.17) is 9.84 Å². The molecule has 0 bridgehead atoms. The van der Waals surface area contributed by atoms with Gasteiger partial charge in [-0.2, -0.15) is 9.61 Å². The number of hydrogen-bond donors (Lipinski definition) is 0. The minimum atomic E-state index is 0.646. The molecule has 1 fully saturated rings. The van der Waals surface area contributed by atoms with Gasteiger partial charge >= 0.3 is 0 Å². The summed E-state index contributed by atoms with van der Waals surface area (Å²) in [7, 11) is 0. The molecule has 0 saturated carbocycles. The van der Waals surface area contributed by atoms with Crippen LogP contribution in [0.1, 0.15) is 11.4 Å². The molecule has 2 aromatic carbocycles. The van der Waals surface area contributed by atoms with E-state index in [1.54, 1.807) is 0 Å². The first kappa shape index (κ1) is 22.1. The molecule has 0 atom stereocenters. The van der Waals surface area contributed by atoms with E-state index in [0.29, 0.717) is 6.42 Å². The molecule has 0 aliphatic carbocycles. The van der Waals surface area contributed by atoms with Crippen LogP contribution in [0.15, 0.2) is 79.1 Å². The van der Waals surface area contributed by atoms with Crippen molar-refractivity contribution in [3.05, 3.63) is 90.5 Å². The van der Waals surface area contributed by atoms with Crippen molar-refractivity contribution in [1.29, 1.82) is 0 Å². The number of rotatable bonds is 6. The first-order valence-corrected chi connectivity index (χ1v) is 12.7. The van der Waals surface area contributed by atoms with Crippen LogP contribution in [0, 0.1) is 0 Å². The van der Waals surface area contributed by atoms with Crippen molar-refractivity contribution in [3.63, 3.8) is 0 Å². The van der Waals surface area contributed by atoms with Crippen LogP contribution < -0.4 is 0 Å². The van der Waals surface area contributed by atoms with Gasteiger partial charge < -0.3 is 9.30 Å². The van der Waals surface area contributed by atoms with E-state index < -0.39 is 0 Å². The summed E-state index contributed by atoms with van der Waals surface area (Å²) in [6, 6.07) is 23.1. The highest BCUT2D eigenvalue weighted by Crippen LogP contribution is 2.25. The predicted octanol–water partition coefficient (Wildman–Crippen LogP) is 4.22. The Labute approximate surface area is 214 Å². The molecule has 1 aliphatic heterocycles. The van der Waals surface area contributed by atoms with Gasteiger partial charge in [-0.25, -0.2) is 0 Å². The fraction of sp³-hybridized carbons (Fsp3) is 0.241. The summed E-state index contributed by atoms with van der Waals surface area (Å²) in [6.45, 7) is 5.71. The van der Waals surface area contributed by atoms with Crippen molar-refractivity contribution in [2.45, 2.75) is 13.0 Å². The molecular formula is C29H27N7O. The van der Waals surface area contributed by atoms with Gasteiger partial charge in [-0.15, -0.1) is 10.2 Å². The second-order valence-electron chi connectivity index (χ2n) is 9.55. The Hall–Kier alpha value is -4.14. The molecule has 184 valence electrons. The lowest BCUT2D eigenvalue weighted by Crippen LogP contribution is -2.38. The van der Waals surface area contributed by atoms with Crippen molar-refractivity contribution < 1.29 is 4.74 Å². The number of morpholine rings is 1. The third-order valence-corrected chi connectivity index (χ3v) is 7.18. The smallest absolute Gasteiger partial charge is 0.177 e. The first-order valence-electron chi connectivity index (χ1n) is 12.7. The Morgan fingerprint density at radius 1 is 0.838 bits per heavy atom. The van der Waals surface area contributed by atoms with Crippen LogP contribution in [0.4, 0.5) is 0 Å². The second-order valence-corrected chi connectivity index (χ2v) is 9.55. The Balaban J connectivity index is 1.15. The van der Waals surface area contributed by atoms with Gasteiger partial charge in [0.05, 0.1) is 24.4 Å². The molecule has 7 rings (SSSR count). The summed E-state index contributed by atoms with van der Waals surface area (Å²) in [5.41, 5.74) is 6.12. The summed E-state index contributed by atoms with van der Waals surface area (Å²) in [5, 5.41) is 16.0. The number of fused-ring (bicyclic) bond motifs is 3. The third kappa shape index (κ3) is 4.34. The molecule has 37 heavy (non-hydrogen) atoms. The monoisotopic (exact) mass is 489 g/mol. The van der Waals surface area contributed by atoms with Gasteiger partial charge in [0, 0.05) is 66.8 Å². The zero-order chi connectivity index (χ0) is 24.6. The van der Waals surface area contributed by atoms with E-state index in [0.717, 1.165) is 78.6 Å². The Bertz CT molecular complexity index is 1710. The van der Waals surface area contributed by atoms with Crippen LogP contribution in [-0.2, 0) is 17.7 Å². The largest absolute Gasteiger partial charge is 0.379 e. The molecule has 0 spiro atoms. The van der Waals surface area contributed by atoms with Crippen LogP contribution in [0.5, 0.6) is 0 Å². The molecular weight excluding hydrogens is 462 g/mol. The highest BCUT2D eigenvalue weighted by atomic mass is 16.5. The standard InChI is InChI=1S/C29H27N7O/c1-2-22-18-21(3-5-25(22)30-10-1)19-29-32-31-28-8-6-26(33-36(28)29)23-4-7-27-24(20-23)9-11-35(27)13-12-34-14-16-37-17-15-34/h1-11,18,20H,12-17,19H2. The van der Waals surface area contributed by atoms with E-state index >= 15 is 0 Å². The molecule has 8 heteroatoms. The predicted molar refractivity (Wildman–Crippen MR) is 144 cm³/mol. The number of pyridine rings is 1. The molecule has 0 N–H and O–H groups in total. The number of benzene rings is 2. The zero-order valence-corrected chi connectivity index (χ0v) is 20.5. The lowest BCUT2D eigenvalue weighted by Gasteiger charge is -2.26. The summed E-state index contributed by atoms with van der Waals surface area (Å²) in [6.07, 6.45) is 4.65. The van der Waals surface area contributed by atoms with Gasteiger partial charge in [-0.1, -0.05) is 18.2 Å². The summed E-state index contributed by atoms with van der Waals surface area (Å²) in [5.74, 6) is 0.815. The summed E-state index contributed by atoms with van der Waals surface area (Å²) in [4.78, 5) is 6.88. The molecule has 8 nitrogen and oxygen atoms in total. The maximum Gasteiger partial charge on any atom is 0.177 e. The van der Waals surface area contributed by atoms with Crippen molar-refractivity contribution in [3.8, 4) is 11.3 Å². The maximum absolute atomic E-state index is 5.47. The Morgan fingerprint density at radius 2 is 1.78 bits per heavy atom. The number of nitrogens with zero attached hydrogens (tertiary/aromatic N) is 7. The molecule has 6 aromatic rings. The molecule has 0 unspecified atom stereocenters. The highest BCUT2D eigenvalue weighted by molar-refractivity contribution is 5.85. The van der Waals surface area contributed by atoms with Gasteiger partial charge in [0.1, 0.15) is 0 Å². The van der Waals surface area contributed by atoms with Crippen LogP contribution in [0.3, 0.4) is 0 Å². The lowest BCUT2D eigenvalue weighted by atomic mass is 10.1. The van der Waals surface area contributed by atoms with Gasteiger partial charge in [0.15, 0.2) is 11.5 Å². The van der Waals surface area contributed by atoms with E-state index in [1.165, 1.54) is 10.9 Å². The van der Waals surface area contributed by atoms with Gasteiger partial charge in [0.25, 0.3) is 0 Å². The highest BCUT2D eigenvalue weighted by Gasteiger charge is 2.13. The average molecular weight is 490 g/mol. The normalized spacial score (nSPS) is 14.7. The fourth-order valence-electron chi connectivity index (χ4n) is 5.14. The topological polar surface area (TPSA) is 73.4 Å². The van der Waals surface area contributed by atoms with E-state index in [-0.39, 0.29) is 0 Å². The van der Waals surface area contributed by atoms with E-state index in [2.05, 4.69) is 79.4 Å². The zero-order valence-electron chi connectivity index (χ0n) is 20.5. The molecule has 4 aromatic heterocycles. The van der Waals surface area contributed by atoms with Crippen LogP contribution in [-0.4, -0.2) is 67.1 Å². The average Bonchev–Trinajstić information content (AvgIpc) is 3.55.